The monoisotopic (exact) mass is 276 g/mol. The first-order valence-corrected chi connectivity index (χ1v) is 7.41. The number of aliphatic hydroxyl groups excluding tert-OH is 1. The van der Waals surface area contributed by atoms with Crippen molar-refractivity contribution in [2.45, 2.75) is 51.7 Å². The van der Waals surface area contributed by atoms with Crippen LogP contribution in [0.1, 0.15) is 50.3 Å². The highest BCUT2D eigenvalue weighted by Crippen LogP contribution is 2.35. The topological polar surface area (TPSA) is 66.6 Å². The molecular weight excluding hydrogens is 252 g/mol. The molecule has 4 nitrogen and oxygen atoms in total. The summed E-state index contributed by atoms with van der Waals surface area (Å²) in [6.45, 7) is 4.56. The van der Waals surface area contributed by atoms with Crippen LogP contribution in [0, 0.1) is 0 Å². The molecule has 1 aliphatic rings. The van der Waals surface area contributed by atoms with Crippen molar-refractivity contribution in [1.29, 1.82) is 0 Å². The Bertz CT molecular complexity index is 487. The first kappa shape index (κ1) is 15.0. The van der Waals surface area contributed by atoms with Crippen LogP contribution in [-0.2, 0) is 11.2 Å². The Balaban J connectivity index is 2.25. The minimum Gasteiger partial charge on any atom is -0.388 e. The Hall–Kier alpha value is -1.39. The molecule has 110 valence electrons. The number of benzene rings is 1. The van der Waals surface area contributed by atoms with Crippen LogP contribution in [0.15, 0.2) is 18.2 Å². The minimum absolute atomic E-state index is 0.189. The van der Waals surface area contributed by atoms with Gasteiger partial charge in [0.15, 0.2) is 0 Å². The van der Waals surface area contributed by atoms with Gasteiger partial charge in [-0.1, -0.05) is 19.1 Å². The quantitative estimate of drug-likeness (QED) is 0.866. The molecule has 0 aromatic heterocycles. The van der Waals surface area contributed by atoms with Crippen molar-refractivity contribution in [3.8, 4) is 0 Å². The summed E-state index contributed by atoms with van der Waals surface area (Å²) in [5.74, 6) is 0.189. The minimum atomic E-state index is -0.513. The lowest BCUT2D eigenvalue weighted by molar-refractivity contribution is -0.118. The van der Waals surface area contributed by atoms with E-state index in [1.54, 1.807) is 0 Å². The van der Waals surface area contributed by atoms with Crippen LogP contribution in [0.5, 0.6) is 0 Å². The van der Waals surface area contributed by atoms with Gasteiger partial charge in [-0.15, -0.1) is 0 Å². The summed E-state index contributed by atoms with van der Waals surface area (Å²) in [5, 5.41) is 10.0. The second-order valence-corrected chi connectivity index (χ2v) is 5.55. The molecule has 1 aromatic rings. The van der Waals surface area contributed by atoms with Crippen LogP contribution in [0.25, 0.3) is 0 Å². The van der Waals surface area contributed by atoms with E-state index in [1.807, 2.05) is 30.0 Å². The van der Waals surface area contributed by atoms with E-state index < -0.39 is 6.10 Å². The van der Waals surface area contributed by atoms with E-state index in [0.29, 0.717) is 19.4 Å². The van der Waals surface area contributed by atoms with Crippen LogP contribution >= 0.6 is 0 Å². The van der Waals surface area contributed by atoms with Crippen LogP contribution in [0.4, 0.5) is 5.69 Å². The summed E-state index contributed by atoms with van der Waals surface area (Å²) in [4.78, 5) is 14.1. The number of carbonyl (C=O) groups excluding carboxylic acids is 1. The van der Waals surface area contributed by atoms with Gasteiger partial charge in [-0.2, -0.15) is 0 Å². The lowest BCUT2D eigenvalue weighted by Gasteiger charge is -2.22. The molecule has 0 radical (unpaired) electrons. The third-order valence-corrected chi connectivity index (χ3v) is 3.88. The third-order valence-electron chi connectivity index (χ3n) is 3.88. The maximum absolute atomic E-state index is 12.2. The molecule has 20 heavy (non-hydrogen) atoms. The van der Waals surface area contributed by atoms with E-state index in [-0.39, 0.29) is 11.9 Å². The molecule has 0 saturated heterocycles. The predicted octanol–water partition coefficient (Wildman–Crippen LogP) is 2.15. The summed E-state index contributed by atoms with van der Waals surface area (Å²) in [6, 6.07) is 6.09. The van der Waals surface area contributed by atoms with Crippen molar-refractivity contribution in [2.75, 3.05) is 11.4 Å². The first-order chi connectivity index (χ1) is 9.58. The van der Waals surface area contributed by atoms with Crippen molar-refractivity contribution >= 4 is 11.6 Å². The molecule has 3 N–H and O–H groups in total. The highest BCUT2D eigenvalue weighted by atomic mass is 16.3. The molecule has 2 atom stereocenters. The fourth-order valence-corrected chi connectivity index (χ4v) is 2.90. The van der Waals surface area contributed by atoms with E-state index in [2.05, 4.69) is 6.92 Å². The molecule has 1 aliphatic heterocycles. The van der Waals surface area contributed by atoms with E-state index in [1.165, 1.54) is 0 Å². The molecule has 1 amide bonds. The van der Waals surface area contributed by atoms with Crippen molar-refractivity contribution in [2.24, 2.45) is 5.73 Å². The third kappa shape index (κ3) is 2.86. The lowest BCUT2D eigenvalue weighted by atomic mass is 10.0. The molecule has 0 aliphatic carbocycles. The number of hydrogen-bond acceptors (Lipinski definition) is 3. The average Bonchev–Trinajstić information content (AvgIpc) is 2.74. The zero-order valence-electron chi connectivity index (χ0n) is 12.3. The number of aliphatic hydroxyl groups is 1. The van der Waals surface area contributed by atoms with Crippen molar-refractivity contribution in [3.63, 3.8) is 0 Å². The van der Waals surface area contributed by atoms with Gasteiger partial charge in [-0.3, -0.25) is 4.79 Å². The van der Waals surface area contributed by atoms with Gasteiger partial charge >= 0.3 is 0 Å². The zero-order valence-corrected chi connectivity index (χ0v) is 12.3. The number of carbonyl (C=O) groups is 1. The Morgan fingerprint density at radius 1 is 1.55 bits per heavy atom. The molecule has 0 fully saturated rings. The van der Waals surface area contributed by atoms with Crippen molar-refractivity contribution in [1.82, 2.24) is 0 Å². The number of nitrogens with zero attached hydrogens (tertiary/aromatic N) is 1. The average molecular weight is 276 g/mol. The van der Waals surface area contributed by atoms with E-state index >= 15 is 0 Å². The molecule has 0 saturated carbocycles. The standard InChI is InChI=1S/C16H24N2O2/c1-3-4-16(20)18-11(2)9-13-10-12(5-6-14(13)18)15(19)7-8-17/h5-6,10-11,15,19H,3-4,7-9,17H2,1-2H3. The van der Waals surface area contributed by atoms with Gasteiger partial charge in [-0.25, -0.2) is 0 Å². The summed E-state index contributed by atoms with van der Waals surface area (Å²) >= 11 is 0. The largest absolute Gasteiger partial charge is 0.388 e. The van der Waals surface area contributed by atoms with Crippen LogP contribution in [0.2, 0.25) is 0 Å². The Morgan fingerprint density at radius 2 is 2.30 bits per heavy atom. The maximum Gasteiger partial charge on any atom is 0.227 e. The van der Waals surface area contributed by atoms with Gasteiger partial charge in [0.2, 0.25) is 5.91 Å². The SMILES string of the molecule is CCCC(=O)N1c2ccc(C(O)CCN)cc2CC1C. The van der Waals surface area contributed by atoms with Crippen LogP contribution in [0.3, 0.4) is 0 Å². The summed E-state index contributed by atoms with van der Waals surface area (Å²) in [7, 11) is 0. The fourth-order valence-electron chi connectivity index (χ4n) is 2.90. The number of anilines is 1. The normalized spacial score (nSPS) is 19.0. The van der Waals surface area contributed by atoms with Gasteiger partial charge in [0.25, 0.3) is 0 Å². The molecule has 0 bridgehead atoms. The second kappa shape index (κ2) is 6.37. The fraction of sp³-hybridized carbons (Fsp3) is 0.562. The van der Waals surface area contributed by atoms with Crippen LogP contribution < -0.4 is 10.6 Å². The summed E-state index contributed by atoms with van der Waals surface area (Å²) in [6.07, 6.45) is 2.35. The Kier molecular flexibility index (Phi) is 4.78. The number of hydrogen-bond donors (Lipinski definition) is 2. The Labute approximate surface area is 120 Å². The van der Waals surface area contributed by atoms with Crippen LogP contribution in [-0.4, -0.2) is 23.6 Å². The zero-order chi connectivity index (χ0) is 14.7. The van der Waals surface area contributed by atoms with Crippen molar-refractivity contribution < 1.29 is 9.90 Å². The molecule has 0 spiro atoms. The van der Waals surface area contributed by atoms with Gasteiger partial charge in [0, 0.05) is 18.2 Å². The number of nitrogens with two attached hydrogens (primary N) is 1. The predicted molar refractivity (Wildman–Crippen MR) is 80.6 cm³/mol. The number of fused-ring (bicyclic) bond motifs is 1. The van der Waals surface area contributed by atoms with Gasteiger partial charge < -0.3 is 15.7 Å². The molecule has 1 heterocycles. The first-order valence-electron chi connectivity index (χ1n) is 7.41. The Morgan fingerprint density at radius 3 is 2.95 bits per heavy atom. The molecule has 2 rings (SSSR count). The van der Waals surface area contributed by atoms with Crippen molar-refractivity contribution in [3.05, 3.63) is 29.3 Å². The maximum atomic E-state index is 12.2. The van der Waals surface area contributed by atoms with Gasteiger partial charge in [0.1, 0.15) is 0 Å². The number of amides is 1. The second-order valence-electron chi connectivity index (χ2n) is 5.55. The molecule has 4 heteroatoms. The molecule has 2 unspecified atom stereocenters. The summed E-state index contributed by atoms with van der Waals surface area (Å²) in [5.41, 5.74) is 8.53. The van der Waals surface area contributed by atoms with E-state index in [4.69, 9.17) is 5.73 Å². The number of rotatable bonds is 5. The summed E-state index contributed by atoms with van der Waals surface area (Å²) < 4.78 is 0. The van der Waals surface area contributed by atoms with E-state index in [0.717, 1.165) is 29.7 Å². The van der Waals surface area contributed by atoms with E-state index in [9.17, 15) is 9.90 Å². The highest BCUT2D eigenvalue weighted by molar-refractivity contribution is 5.96. The molecular formula is C16H24N2O2. The highest BCUT2D eigenvalue weighted by Gasteiger charge is 2.30. The lowest BCUT2D eigenvalue weighted by Crippen LogP contribution is -2.35. The van der Waals surface area contributed by atoms with Gasteiger partial charge in [-0.05, 0) is 49.9 Å². The molecule has 1 aromatic carbocycles. The smallest absolute Gasteiger partial charge is 0.227 e. The van der Waals surface area contributed by atoms with Gasteiger partial charge in [0.05, 0.1) is 6.10 Å².